The van der Waals surface area contributed by atoms with E-state index in [0.717, 1.165) is 18.0 Å². The maximum Gasteiger partial charge on any atom is 0.0442 e. The predicted molar refractivity (Wildman–Crippen MR) is 105 cm³/mol. The minimum absolute atomic E-state index is 0.327. The van der Waals surface area contributed by atoms with Crippen LogP contribution in [-0.4, -0.2) is 4.90 Å². The Morgan fingerprint density at radius 1 is 0.880 bits per heavy atom. The lowest BCUT2D eigenvalue weighted by molar-refractivity contribution is 0.118. The summed E-state index contributed by atoms with van der Waals surface area (Å²) in [5, 5.41) is 0.893. The Bertz CT molecular complexity index is 844. The molecule has 1 aliphatic rings. The van der Waals surface area contributed by atoms with E-state index >= 15 is 0 Å². The highest BCUT2D eigenvalue weighted by molar-refractivity contribution is 6.31. The number of rotatable bonds is 3. The van der Waals surface area contributed by atoms with Crippen molar-refractivity contribution in [2.45, 2.75) is 32.0 Å². The maximum atomic E-state index is 6.55. The van der Waals surface area contributed by atoms with Gasteiger partial charge in [-0.2, -0.15) is 0 Å². The lowest BCUT2D eigenvalue weighted by atomic mass is 9.85. The van der Waals surface area contributed by atoms with Crippen LogP contribution in [0.15, 0.2) is 78.9 Å². The van der Waals surface area contributed by atoms with Crippen molar-refractivity contribution in [3.8, 4) is 0 Å². The summed E-state index contributed by atoms with van der Waals surface area (Å²) in [5.41, 5.74) is 5.36. The van der Waals surface area contributed by atoms with E-state index in [0.29, 0.717) is 12.1 Å². The topological polar surface area (TPSA) is 3.24 Å². The summed E-state index contributed by atoms with van der Waals surface area (Å²) in [7, 11) is 0. The first-order chi connectivity index (χ1) is 12.2. The molecule has 2 heteroatoms. The summed E-state index contributed by atoms with van der Waals surface area (Å²) in [4.78, 5) is 2.60. The van der Waals surface area contributed by atoms with Gasteiger partial charge >= 0.3 is 0 Å². The second-order valence-corrected chi connectivity index (χ2v) is 7.18. The predicted octanol–water partition coefficient (Wildman–Crippen LogP) is 6.20. The van der Waals surface area contributed by atoms with Crippen LogP contribution in [0.4, 0.5) is 0 Å². The Hall–Kier alpha value is -2.09. The zero-order valence-corrected chi connectivity index (χ0v) is 15.2. The van der Waals surface area contributed by atoms with Crippen LogP contribution in [0.1, 0.15) is 41.3 Å². The Kier molecular flexibility index (Phi) is 4.61. The first-order valence-corrected chi connectivity index (χ1v) is 9.24. The number of nitrogens with zero attached hydrogens (tertiary/aromatic N) is 1. The van der Waals surface area contributed by atoms with Gasteiger partial charge in [0.1, 0.15) is 0 Å². The maximum absolute atomic E-state index is 6.55. The Labute approximate surface area is 154 Å². The SMILES string of the molecule is CC1c2cccc(Cl)c2CC(c2ccccc2)N1Cc1ccccc1. The molecule has 1 nitrogen and oxygen atoms in total. The molecule has 1 aliphatic heterocycles. The second kappa shape index (κ2) is 7.03. The highest BCUT2D eigenvalue weighted by atomic mass is 35.5. The van der Waals surface area contributed by atoms with Crippen LogP contribution >= 0.6 is 11.6 Å². The number of fused-ring (bicyclic) bond motifs is 1. The molecule has 2 unspecified atom stereocenters. The molecule has 2 atom stereocenters. The van der Waals surface area contributed by atoms with Gasteiger partial charge in [0.05, 0.1) is 0 Å². The summed E-state index contributed by atoms with van der Waals surface area (Å²) < 4.78 is 0. The van der Waals surface area contributed by atoms with Gasteiger partial charge in [0, 0.05) is 23.7 Å². The van der Waals surface area contributed by atoms with Crippen molar-refractivity contribution in [2.24, 2.45) is 0 Å². The van der Waals surface area contributed by atoms with E-state index in [-0.39, 0.29) is 0 Å². The van der Waals surface area contributed by atoms with Gasteiger partial charge in [-0.25, -0.2) is 0 Å². The lowest BCUT2D eigenvalue weighted by Crippen LogP contribution is -2.36. The van der Waals surface area contributed by atoms with Gasteiger partial charge in [-0.05, 0) is 41.7 Å². The van der Waals surface area contributed by atoms with E-state index < -0.39 is 0 Å². The third-order valence-electron chi connectivity index (χ3n) is 5.29. The van der Waals surface area contributed by atoms with Crippen molar-refractivity contribution in [2.75, 3.05) is 0 Å². The highest BCUT2D eigenvalue weighted by Gasteiger charge is 2.33. The molecule has 0 bridgehead atoms. The third kappa shape index (κ3) is 3.22. The molecule has 3 aromatic rings. The molecule has 0 amide bonds. The van der Waals surface area contributed by atoms with Gasteiger partial charge in [0.2, 0.25) is 0 Å². The molecule has 0 spiro atoms. The minimum Gasteiger partial charge on any atom is -0.285 e. The summed E-state index contributed by atoms with van der Waals surface area (Å²) in [6.45, 7) is 3.24. The van der Waals surface area contributed by atoms with Gasteiger partial charge in [-0.1, -0.05) is 84.4 Å². The molecule has 1 heterocycles. The molecule has 0 radical (unpaired) electrons. The van der Waals surface area contributed by atoms with Gasteiger partial charge in [-0.3, -0.25) is 4.90 Å². The van der Waals surface area contributed by atoms with Crippen molar-refractivity contribution >= 4 is 11.6 Å². The van der Waals surface area contributed by atoms with Crippen molar-refractivity contribution < 1.29 is 0 Å². The Morgan fingerprint density at radius 3 is 2.28 bits per heavy atom. The van der Waals surface area contributed by atoms with Crippen molar-refractivity contribution in [1.29, 1.82) is 0 Å². The molecular weight excluding hydrogens is 326 g/mol. The summed E-state index contributed by atoms with van der Waals surface area (Å²) in [6, 6.07) is 28.5. The first-order valence-electron chi connectivity index (χ1n) is 8.86. The smallest absolute Gasteiger partial charge is 0.0442 e. The standard InChI is InChI=1S/C23H22ClN/c1-17-20-13-8-14-22(24)21(20)15-23(19-11-6-3-7-12-19)25(17)16-18-9-4-2-5-10-18/h2-14,17,23H,15-16H2,1H3. The second-order valence-electron chi connectivity index (χ2n) is 6.77. The third-order valence-corrected chi connectivity index (χ3v) is 5.65. The Balaban J connectivity index is 1.77. The number of halogens is 1. The average molecular weight is 348 g/mol. The van der Waals surface area contributed by atoms with Crippen LogP contribution in [-0.2, 0) is 13.0 Å². The van der Waals surface area contributed by atoms with Gasteiger partial charge < -0.3 is 0 Å². The molecule has 0 fully saturated rings. The summed E-state index contributed by atoms with van der Waals surface area (Å²) in [5.74, 6) is 0. The van der Waals surface area contributed by atoms with Gasteiger partial charge in [0.15, 0.2) is 0 Å². The van der Waals surface area contributed by atoms with Crippen molar-refractivity contribution in [3.63, 3.8) is 0 Å². The Morgan fingerprint density at radius 2 is 1.56 bits per heavy atom. The normalized spacial score (nSPS) is 20.2. The monoisotopic (exact) mass is 347 g/mol. The number of benzene rings is 3. The molecule has 25 heavy (non-hydrogen) atoms. The molecule has 0 aromatic heterocycles. The number of hydrogen-bond acceptors (Lipinski definition) is 1. The van der Waals surface area contributed by atoms with E-state index in [2.05, 4.69) is 84.6 Å². The fourth-order valence-electron chi connectivity index (χ4n) is 3.97. The fraction of sp³-hybridized carbons (Fsp3) is 0.217. The zero-order chi connectivity index (χ0) is 17.2. The fourth-order valence-corrected chi connectivity index (χ4v) is 4.23. The highest BCUT2D eigenvalue weighted by Crippen LogP contribution is 2.43. The quantitative estimate of drug-likeness (QED) is 0.545. The van der Waals surface area contributed by atoms with Gasteiger partial charge in [-0.15, -0.1) is 0 Å². The zero-order valence-electron chi connectivity index (χ0n) is 14.4. The molecular formula is C23H22ClN. The largest absolute Gasteiger partial charge is 0.285 e. The van der Waals surface area contributed by atoms with Crippen LogP contribution in [0.3, 0.4) is 0 Å². The van der Waals surface area contributed by atoms with Crippen LogP contribution < -0.4 is 0 Å². The van der Waals surface area contributed by atoms with Crippen LogP contribution in [0, 0.1) is 0 Å². The number of hydrogen-bond donors (Lipinski definition) is 0. The van der Waals surface area contributed by atoms with E-state index in [1.165, 1.54) is 22.3 Å². The molecule has 0 saturated carbocycles. The summed E-state index contributed by atoms with van der Waals surface area (Å²) >= 11 is 6.55. The van der Waals surface area contributed by atoms with E-state index in [1.54, 1.807) is 0 Å². The molecule has 3 aromatic carbocycles. The minimum atomic E-state index is 0.327. The molecule has 0 N–H and O–H groups in total. The van der Waals surface area contributed by atoms with Crippen LogP contribution in [0.25, 0.3) is 0 Å². The molecule has 0 saturated heterocycles. The summed E-state index contributed by atoms with van der Waals surface area (Å²) in [6.07, 6.45) is 0.955. The first kappa shape index (κ1) is 16.4. The van der Waals surface area contributed by atoms with E-state index in [4.69, 9.17) is 11.6 Å². The van der Waals surface area contributed by atoms with E-state index in [9.17, 15) is 0 Å². The molecule has 4 rings (SSSR count). The van der Waals surface area contributed by atoms with Crippen LogP contribution in [0.2, 0.25) is 5.02 Å². The van der Waals surface area contributed by atoms with Crippen molar-refractivity contribution in [1.82, 2.24) is 4.90 Å². The van der Waals surface area contributed by atoms with E-state index in [1.807, 2.05) is 6.07 Å². The average Bonchev–Trinajstić information content (AvgIpc) is 2.66. The lowest BCUT2D eigenvalue weighted by Gasteiger charge is -2.42. The van der Waals surface area contributed by atoms with Crippen molar-refractivity contribution in [3.05, 3.63) is 106 Å². The molecule has 126 valence electrons. The van der Waals surface area contributed by atoms with Gasteiger partial charge in [0.25, 0.3) is 0 Å². The van der Waals surface area contributed by atoms with Crippen LogP contribution in [0.5, 0.6) is 0 Å². The molecule has 0 aliphatic carbocycles.